The summed E-state index contributed by atoms with van der Waals surface area (Å²) in [5.41, 5.74) is 2.87. The van der Waals surface area contributed by atoms with E-state index in [4.69, 9.17) is 5.84 Å². The van der Waals surface area contributed by atoms with E-state index in [1.54, 1.807) is 11.3 Å². The van der Waals surface area contributed by atoms with E-state index in [1.165, 1.54) is 4.88 Å². The highest BCUT2D eigenvalue weighted by molar-refractivity contribution is 9.10. The highest BCUT2D eigenvalue weighted by Gasteiger charge is 2.17. The molecule has 13 heavy (non-hydrogen) atoms. The smallest absolute Gasteiger partial charge is 0.0579 e. The van der Waals surface area contributed by atoms with Crippen LogP contribution in [0, 0.1) is 5.92 Å². The number of hydrogen-bond donors (Lipinski definition) is 2. The summed E-state index contributed by atoms with van der Waals surface area (Å²) in [6.07, 6.45) is 1.13. The van der Waals surface area contributed by atoms with Crippen LogP contribution < -0.4 is 11.3 Å². The monoisotopic (exact) mass is 262 g/mol. The van der Waals surface area contributed by atoms with Crippen molar-refractivity contribution in [1.82, 2.24) is 5.43 Å². The maximum atomic E-state index is 5.53. The molecule has 0 fully saturated rings. The molecule has 0 aliphatic carbocycles. The minimum atomic E-state index is 0.279. The van der Waals surface area contributed by atoms with Crippen molar-refractivity contribution in [2.75, 3.05) is 0 Å². The van der Waals surface area contributed by atoms with Gasteiger partial charge in [0.15, 0.2) is 0 Å². The third kappa shape index (κ3) is 2.77. The largest absolute Gasteiger partial charge is 0.271 e. The van der Waals surface area contributed by atoms with E-state index in [0.29, 0.717) is 5.92 Å². The second kappa shape index (κ2) is 5.10. The molecule has 2 nitrogen and oxygen atoms in total. The van der Waals surface area contributed by atoms with Crippen LogP contribution in [0.2, 0.25) is 0 Å². The van der Waals surface area contributed by atoms with Crippen molar-refractivity contribution in [2.24, 2.45) is 11.8 Å². The van der Waals surface area contributed by atoms with Crippen LogP contribution in [-0.4, -0.2) is 0 Å². The molecule has 0 saturated heterocycles. The fourth-order valence-electron chi connectivity index (χ4n) is 1.25. The van der Waals surface area contributed by atoms with Crippen molar-refractivity contribution in [3.63, 3.8) is 0 Å². The van der Waals surface area contributed by atoms with Gasteiger partial charge in [0.1, 0.15) is 0 Å². The highest BCUT2D eigenvalue weighted by Crippen LogP contribution is 2.30. The molecule has 3 N–H and O–H groups in total. The molecule has 74 valence electrons. The van der Waals surface area contributed by atoms with Crippen molar-refractivity contribution in [1.29, 1.82) is 0 Å². The molecule has 1 aromatic heterocycles. The molecule has 0 radical (unpaired) electrons. The lowest BCUT2D eigenvalue weighted by molar-refractivity contribution is 0.388. The van der Waals surface area contributed by atoms with E-state index >= 15 is 0 Å². The lowest BCUT2D eigenvalue weighted by Crippen LogP contribution is -2.31. The number of hydrogen-bond acceptors (Lipinski definition) is 3. The fourth-order valence-corrected chi connectivity index (χ4v) is 2.89. The van der Waals surface area contributed by atoms with Crippen LogP contribution in [0.25, 0.3) is 0 Å². The number of nitrogens with two attached hydrogens (primary N) is 1. The molecule has 0 aromatic carbocycles. The molecular formula is C9H15BrN2S. The summed E-state index contributed by atoms with van der Waals surface area (Å²) in [6, 6.07) is 2.41. The van der Waals surface area contributed by atoms with Crippen LogP contribution in [0.3, 0.4) is 0 Å². The minimum Gasteiger partial charge on any atom is -0.271 e. The second-order valence-electron chi connectivity index (χ2n) is 3.20. The number of hydrazine groups is 1. The first kappa shape index (κ1) is 11.2. The average Bonchev–Trinajstić information content (AvgIpc) is 2.53. The fraction of sp³-hybridized carbons (Fsp3) is 0.556. The molecule has 0 saturated carbocycles. The van der Waals surface area contributed by atoms with E-state index in [-0.39, 0.29) is 6.04 Å². The summed E-state index contributed by atoms with van der Waals surface area (Å²) in [4.78, 5) is 1.30. The summed E-state index contributed by atoms with van der Waals surface area (Å²) in [5.74, 6) is 6.10. The zero-order chi connectivity index (χ0) is 9.84. The molecule has 0 aliphatic heterocycles. The number of rotatable bonds is 4. The molecule has 0 bridgehead atoms. The standard InChI is InChI=1S/C9H15BrN2S/c1-3-6(2)9(12-11)8-4-7(10)5-13-8/h4-6,9,12H,3,11H2,1-2H3. The van der Waals surface area contributed by atoms with Gasteiger partial charge in [-0.2, -0.15) is 0 Å². The Bertz CT molecular complexity index is 262. The second-order valence-corrected chi connectivity index (χ2v) is 5.06. The first-order chi connectivity index (χ1) is 6.19. The number of thiophene rings is 1. The van der Waals surface area contributed by atoms with Gasteiger partial charge in [0, 0.05) is 14.7 Å². The molecular weight excluding hydrogens is 248 g/mol. The molecule has 0 amide bonds. The number of halogens is 1. The van der Waals surface area contributed by atoms with E-state index in [2.05, 4.69) is 46.6 Å². The molecule has 2 unspecified atom stereocenters. The van der Waals surface area contributed by atoms with Gasteiger partial charge >= 0.3 is 0 Å². The Balaban J connectivity index is 2.77. The normalized spacial score (nSPS) is 15.7. The van der Waals surface area contributed by atoms with Crippen molar-refractivity contribution in [3.8, 4) is 0 Å². The number of nitrogens with one attached hydrogen (secondary N) is 1. The van der Waals surface area contributed by atoms with Gasteiger partial charge in [0.2, 0.25) is 0 Å². The van der Waals surface area contributed by atoms with E-state index in [9.17, 15) is 0 Å². The van der Waals surface area contributed by atoms with Crippen LogP contribution in [0.1, 0.15) is 31.2 Å². The summed E-state index contributed by atoms with van der Waals surface area (Å²) in [7, 11) is 0. The van der Waals surface area contributed by atoms with Crippen molar-refractivity contribution in [2.45, 2.75) is 26.3 Å². The van der Waals surface area contributed by atoms with Crippen LogP contribution in [0.5, 0.6) is 0 Å². The lowest BCUT2D eigenvalue weighted by atomic mass is 9.99. The lowest BCUT2D eigenvalue weighted by Gasteiger charge is -2.20. The maximum Gasteiger partial charge on any atom is 0.0579 e. The van der Waals surface area contributed by atoms with Gasteiger partial charge in [-0.25, -0.2) is 0 Å². The summed E-state index contributed by atoms with van der Waals surface area (Å²) < 4.78 is 1.14. The molecule has 4 heteroatoms. The molecule has 1 rings (SSSR count). The zero-order valence-electron chi connectivity index (χ0n) is 7.88. The van der Waals surface area contributed by atoms with Crippen LogP contribution >= 0.6 is 27.3 Å². The zero-order valence-corrected chi connectivity index (χ0v) is 10.3. The predicted molar refractivity (Wildman–Crippen MR) is 61.5 cm³/mol. The Morgan fingerprint density at radius 2 is 2.38 bits per heavy atom. The topological polar surface area (TPSA) is 38.0 Å². The van der Waals surface area contributed by atoms with Gasteiger partial charge in [-0.15, -0.1) is 11.3 Å². The average molecular weight is 263 g/mol. The van der Waals surface area contributed by atoms with Crippen molar-refractivity contribution < 1.29 is 0 Å². The third-order valence-electron chi connectivity index (χ3n) is 2.29. The van der Waals surface area contributed by atoms with Gasteiger partial charge in [-0.05, 0) is 27.9 Å². The van der Waals surface area contributed by atoms with Crippen LogP contribution in [-0.2, 0) is 0 Å². The third-order valence-corrected chi connectivity index (χ3v) is 4.06. The SMILES string of the molecule is CCC(C)C(NN)c1cc(Br)cs1. The molecule has 2 atom stereocenters. The van der Waals surface area contributed by atoms with Gasteiger partial charge in [-0.3, -0.25) is 11.3 Å². The van der Waals surface area contributed by atoms with E-state index in [1.807, 2.05) is 0 Å². The first-order valence-electron chi connectivity index (χ1n) is 4.39. The first-order valence-corrected chi connectivity index (χ1v) is 6.06. The Kier molecular flexibility index (Phi) is 4.38. The summed E-state index contributed by atoms with van der Waals surface area (Å²) in [6.45, 7) is 4.38. The van der Waals surface area contributed by atoms with Crippen molar-refractivity contribution in [3.05, 3.63) is 20.8 Å². The summed E-state index contributed by atoms with van der Waals surface area (Å²) >= 11 is 5.18. The van der Waals surface area contributed by atoms with E-state index < -0.39 is 0 Å². The highest BCUT2D eigenvalue weighted by atomic mass is 79.9. The minimum absolute atomic E-state index is 0.279. The van der Waals surface area contributed by atoms with Crippen molar-refractivity contribution >= 4 is 27.3 Å². The molecule has 1 heterocycles. The molecule has 0 spiro atoms. The Morgan fingerprint density at radius 3 is 2.77 bits per heavy atom. The van der Waals surface area contributed by atoms with Gasteiger partial charge in [0.25, 0.3) is 0 Å². The summed E-state index contributed by atoms with van der Waals surface area (Å²) in [5, 5.41) is 2.09. The van der Waals surface area contributed by atoms with Crippen LogP contribution in [0.15, 0.2) is 15.9 Å². The van der Waals surface area contributed by atoms with E-state index in [0.717, 1.165) is 10.9 Å². The van der Waals surface area contributed by atoms with Gasteiger partial charge < -0.3 is 0 Å². The van der Waals surface area contributed by atoms with Gasteiger partial charge in [-0.1, -0.05) is 20.3 Å². The Morgan fingerprint density at radius 1 is 1.69 bits per heavy atom. The van der Waals surface area contributed by atoms with Gasteiger partial charge in [0.05, 0.1) is 6.04 Å². The maximum absolute atomic E-state index is 5.53. The van der Waals surface area contributed by atoms with Crippen LogP contribution in [0.4, 0.5) is 0 Å². The Labute approximate surface area is 91.6 Å². The Hall–Kier alpha value is 0.1000. The molecule has 0 aliphatic rings. The molecule has 1 aromatic rings. The predicted octanol–water partition coefficient (Wildman–Crippen LogP) is 3.06. The quantitative estimate of drug-likeness (QED) is 0.647.